The molecule has 0 saturated carbocycles. The third kappa shape index (κ3) is 2.99. The highest BCUT2D eigenvalue weighted by Gasteiger charge is 2.20. The number of nitrogens with zero attached hydrogens (tertiary/aromatic N) is 2. The van der Waals surface area contributed by atoms with Gasteiger partial charge in [-0.15, -0.1) is 0 Å². The van der Waals surface area contributed by atoms with Crippen LogP contribution in [-0.4, -0.2) is 48.8 Å². The van der Waals surface area contributed by atoms with E-state index in [1.807, 2.05) is 0 Å². The molecule has 1 atom stereocenters. The SMILES string of the molecule is Cc1ccc(N2CCN([C@@H](C)CO)CC2)cc1. The lowest BCUT2D eigenvalue weighted by atomic mass is 10.2. The minimum atomic E-state index is 0.254. The van der Waals surface area contributed by atoms with Crippen LogP contribution in [0.1, 0.15) is 12.5 Å². The molecule has 17 heavy (non-hydrogen) atoms. The van der Waals surface area contributed by atoms with Crippen molar-refractivity contribution in [1.29, 1.82) is 0 Å². The number of piperazine rings is 1. The van der Waals surface area contributed by atoms with Crippen molar-refractivity contribution in [3.8, 4) is 0 Å². The Morgan fingerprint density at radius 3 is 2.24 bits per heavy atom. The van der Waals surface area contributed by atoms with E-state index in [2.05, 4.69) is 47.9 Å². The second-order valence-corrected chi connectivity index (χ2v) is 4.89. The zero-order chi connectivity index (χ0) is 12.3. The monoisotopic (exact) mass is 234 g/mol. The van der Waals surface area contributed by atoms with Crippen LogP contribution in [0.3, 0.4) is 0 Å². The first-order valence-corrected chi connectivity index (χ1v) is 6.37. The first kappa shape index (κ1) is 12.4. The molecule has 1 aliphatic heterocycles. The summed E-state index contributed by atoms with van der Waals surface area (Å²) in [4.78, 5) is 4.77. The average molecular weight is 234 g/mol. The summed E-state index contributed by atoms with van der Waals surface area (Å²) >= 11 is 0. The van der Waals surface area contributed by atoms with Crippen LogP contribution in [0.25, 0.3) is 0 Å². The van der Waals surface area contributed by atoms with E-state index in [9.17, 15) is 0 Å². The van der Waals surface area contributed by atoms with Crippen LogP contribution in [0.15, 0.2) is 24.3 Å². The largest absolute Gasteiger partial charge is 0.395 e. The van der Waals surface area contributed by atoms with E-state index in [1.54, 1.807) is 0 Å². The summed E-state index contributed by atoms with van der Waals surface area (Å²) in [5.74, 6) is 0. The van der Waals surface area contributed by atoms with Crippen molar-refractivity contribution >= 4 is 5.69 Å². The second-order valence-electron chi connectivity index (χ2n) is 4.89. The molecule has 0 aromatic heterocycles. The van der Waals surface area contributed by atoms with Gasteiger partial charge in [0.25, 0.3) is 0 Å². The van der Waals surface area contributed by atoms with Crippen LogP contribution in [0.4, 0.5) is 5.69 Å². The number of benzene rings is 1. The van der Waals surface area contributed by atoms with Gasteiger partial charge in [0, 0.05) is 37.9 Å². The number of anilines is 1. The van der Waals surface area contributed by atoms with Crippen molar-refractivity contribution in [3.05, 3.63) is 29.8 Å². The van der Waals surface area contributed by atoms with Crippen molar-refractivity contribution < 1.29 is 5.11 Å². The molecule has 1 heterocycles. The maximum atomic E-state index is 9.15. The predicted molar refractivity (Wildman–Crippen MR) is 71.5 cm³/mol. The third-order valence-corrected chi connectivity index (χ3v) is 3.60. The first-order chi connectivity index (χ1) is 8.20. The van der Waals surface area contributed by atoms with Crippen molar-refractivity contribution in [2.24, 2.45) is 0 Å². The van der Waals surface area contributed by atoms with Gasteiger partial charge in [-0.25, -0.2) is 0 Å². The molecule has 1 aromatic carbocycles. The molecule has 1 fully saturated rings. The van der Waals surface area contributed by atoms with Gasteiger partial charge in [-0.1, -0.05) is 17.7 Å². The summed E-state index contributed by atoms with van der Waals surface area (Å²) in [6.07, 6.45) is 0. The minimum absolute atomic E-state index is 0.254. The topological polar surface area (TPSA) is 26.7 Å². The number of rotatable bonds is 3. The van der Waals surface area contributed by atoms with Gasteiger partial charge in [0.2, 0.25) is 0 Å². The lowest BCUT2D eigenvalue weighted by molar-refractivity contribution is 0.128. The Kier molecular flexibility index (Phi) is 4.02. The Morgan fingerprint density at radius 1 is 1.12 bits per heavy atom. The highest BCUT2D eigenvalue weighted by molar-refractivity contribution is 5.47. The molecule has 3 nitrogen and oxygen atoms in total. The molecular weight excluding hydrogens is 212 g/mol. The zero-order valence-corrected chi connectivity index (χ0v) is 10.8. The van der Waals surface area contributed by atoms with E-state index >= 15 is 0 Å². The number of aryl methyl sites for hydroxylation is 1. The minimum Gasteiger partial charge on any atom is -0.395 e. The second kappa shape index (κ2) is 5.52. The van der Waals surface area contributed by atoms with Gasteiger partial charge in [0.1, 0.15) is 0 Å². The molecule has 2 rings (SSSR count). The van der Waals surface area contributed by atoms with E-state index in [-0.39, 0.29) is 12.6 Å². The van der Waals surface area contributed by atoms with Crippen molar-refractivity contribution in [1.82, 2.24) is 4.90 Å². The Labute approximate surface area is 104 Å². The van der Waals surface area contributed by atoms with Crippen LogP contribution >= 0.6 is 0 Å². The third-order valence-electron chi connectivity index (χ3n) is 3.60. The Morgan fingerprint density at radius 2 is 1.71 bits per heavy atom. The predicted octanol–water partition coefficient (Wildman–Crippen LogP) is 1.50. The maximum absolute atomic E-state index is 9.15. The summed E-state index contributed by atoms with van der Waals surface area (Å²) in [7, 11) is 0. The maximum Gasteiger partial charge on any atom is 0.0584 e. The van der Waals surface area contributed by atoms with Crippen LogP contribution in [0.2, 0.25) is 0 Å². The Balaban J connectivity index is 1.93. The molecule has 0 aliphatic carbocycles. The number of aliphatic hydroxyl groups excluding tert-OH is 1. The molecule has 94 valence electrons. The zero-order valence-electron chi connectivity index (χ0n) is 10.8. The normalized spacial score (nSPS) is 19.4. The molecular formula is C14H22N2O. The quantitative estimate of drug-likeness (QED) is 0.858. The van der Waals surface area contributed by atoms with Gasteiger partial charge in [-0.3, -0.25) is 4.90 Å². The number of hydrogen-bond donors (Lipinski definition) is 1. The summed E-state index contributed by atoms with van der Waals surface area (Å²) < 4.78 is 0. The average Bonchev–Trinajstić information content (AvgIpc) is 2.39. The van der Waals surface area contributed by atoms with E-state index in [1.165, 1.54) is 11.3 Å². The highest BCUT2D eigenvalue weighted by Crippen LogP contribution is 2.17. The molecule has 0 bridgehead atoms. The van der Waals surface area contributed by atoms with Gasteiger partial charge in [-0.05, 0) is 26.0 Å². The first-order valence-electron chi connectivity index (χ1n) is 6.37. The van der Waals surface area contributed by atoms with Crippen LogP contribution < -0.4 is 4.90 Å². The molecule has 1 saturated heterocycles. The fourth-order valence-corrected chi connectivity index (χ4v) is 2.29. The number of aliphatic hydroxyl groups is 1. The fourth-order valence-electron chi connectivity index (χ4n) is 2.29. The Hall–Kier alpha value is -1.06. The van der Waals surface area contributed by atoms with Crippen molar-refractivity contribution in [2.45, 2.75) is 19.9 Å². The van der Waals surface area contributed by atoms with Gasteiger partial charge in [0.05, 0.1) is 6.61 Å². The van der Waals surface area contributed by atoms with Crippen LogP contribution in [-0.2, 0) is 0 Å². The molecule has 3 heteroatoms. The van der Waals surface area contributed by atoms with E-state index in [0.717, 1.165) is 26.2 Å². The van der Waals surface area contributed by atoms with Gasteiger partial charge in [0.15, 0.2) is 0 Å². The summed E-state index contributed by atoms with van der Waals surface area (Å²) in [5, 5.41) is 9.15. The Bertz CT molecular complexity index is 342. The van der Waals surface area contributed by atoms with Crippen LogP contribution in [0, 0.1) is 6.92 Å². The smallest absolute Gasteiger partial charge is 0.0584 e. The highest BCUT2D eigenvalue weighted by atomic mass is 16.3. The fraction of sp³-hybridized carbons (Fsp3) is 0.571. The molecule has 1 aliphatic rings. The van der Waals surface area contributed by atoms with Gasteiger partial charge < -0.3 is 10.0 Å². The van der Waals surface area contributed by atoms with E-state index < -0.39 is 0 Å². The van der Waals surface area contributed by atoms with E-state index in [4.69, 9.17) is 5.11 Å². The molecule has 1 aromatic rings. The van der Waals surface area contributed by atoms with Crippen molar-refractivity contribution in [3.63, 3.8) is 0 Å². The lowest BCUT2D eigenvalue weighted by Gasteiger charge is -2.38. The van der Waals surface area contributed by atoms with Crippen molar-refractivity contribution in [2.75, 3.05) is 37.7 Å². The summed E-state index contributed by atoms with van der Waals surface area (Å²) in [6, 6.07) is 9.01. The standard InChI is InChI=1S/C14H22N2O/c1-12-3-5-14(6-4-12)16-9-7-15(8-10-16)13(2)11-17/h3-6,13,17H,7-11H2,1-2H3/t13-/m0/s1. The number of hydrogen-bond acceptors (Lipinski definition) is 3. The summed E-state index contributed by atoms with van der Waals surface area (Å²) in [5.41, 5.74) is 2.62. The molecule has 0 unspecified atom stereocenters. The summed E-state index contributed by atoms with van der Waals surface area (Å²) in [6.45, 7) is 8.63. The van der Waals surface area contributed by atoms with E-state index in [0.29, 0.717) is 0 Å². The lowest BCUT2D eigenvalue weighted by Crippen LogP contribution is -2.50. The molecule has 0 amide bonds. The van der Waals surface area contributed by atoms with Gasteiger partial charge in [-0.2, -0.15) is 0 Å². The molecule has 1 N–H and O–H groups in total. The molecule has 0 radical (unpaired) electrons. The molecule has 0 spiro atoms. The van der Waals surface area contributed by atoms with Gasteiger partial charge >= 0.3 is 0 Å². The van der Waals surface area contributed by atoms with Crippen LogP contribution in [0.5, 0.6) is 0 Å².